The number of fused-ring (bicyclic) bond motifs is 5. The first-order valence-electron chi connectivity index (χ1n) is 8.09. The summed E-state index contributed by atoms with van der Waals surface area (Å²) in [6.45, 7) is 2.32. The quantitative estimate of drug-likeness (QED) is 0.676. The van der Waals surface area contributed by atoms with Crippen molar-refractivity contribution in [2.45, 2.75) is 57.5 Å². The van der Waals surface area contributed by atoms with Crippen LogP contribution in [-0.4, -0.2) is 16.3 Å². The summed E-state index contributed by atoms with van der Waals surface area (Å²) in [4.78, 5) is 0. The molecule has 0 heterocycles. The summed E-state index contributed by atoms with van der Waals surface area (Å²) in [5.74, 6) is 2.49. The van der Waals surface area contributed by atoms with E-state index in [1.807, 2.05) is 12.1 Å². The van der Waals surface area contributed by atoms with Crippen LogP contribution in [0.4, 0.5) is 0 Å². The number of aliphatic hydroxyl groups excluding tert-OH is 1. The van der Waals surface area contributed by atoms with E-state index in [1.165, 1.54) is 30.4 Å². The Bertz CT molecular complexity index is 544. The standard InChI is InChI=1S/C18H24O2.Ag/c1-18-9-8-14-13-5-3-12(19)10-11(13)2-4-15(14)16(18)6-7-17(18)20;/h3,5,10,14-17,19-20H,2,4,6-9H2,1H3;/t14-,15-,16+,17+,18+;/m1./s1. The van der Waals surface area contributed by atoms with Gasteiger partial charge in [0.2, 0.25) is 0 Å². The molecule has 4 rings (SSSR count). The number of aliphatic hydroxyl groups is 1. The second-order valence-electron chi connectivity index (χ2n) is 7.44. The first kappa shape index (κ1) is 15.6. The first-order chi connectivity index (χ1) is 9.59. The molecular weight excluding hydrogens is 356 g/mol. The Labute approximate surface area is 142 Å². The molecule has 3 aliphatic rings. The van der Waals surface area contributed by atoms with Gasteiger partial charge in [-0.15, -0.1) is 0 Å². The number of rotatable bonds is 0. The summed E-state index contributed by atoms with van der Waals surface area (Å²) >= 11 is 0. The summed E-state index contributed by atoms with van der Waals surface area (Å²) in [6, 6.07) is 5.96. The Balaban J connectivity index is 0.00000132. The van der Waals surface area contributed by atoms with Crippen LogP contribution in [-0.2, 0) is 28.8 Å². The minimum Gasteiger partial charge on any atom is -0.508 e. The van der Waals surface area contributed by atoms with Gasteiger partial charge in [-0.3, -0.25) is 0 Å². The molecule has 0 spiro atoms. The minimum atomic E-state index is -0.0883. The van der Waals surface area contributed by atoms with Crippen molar-refractivity contribution in [3.8, 4) is 5.75 Å². The predicted octanol–water partition coefficient (Wildman–Crippen LogP) is 3.61. The fourth-order valence-corrected chi connectivity index (χ4v) is 5.54. The van der Waals surface area contributed by atoms with Crippen molar-refractivity contribution in [2.75, 3.05) is 0 Å². The molecule has 119 valence electrons. The van der Waals surface area contributed by atoms with Gasteiger partial charge >= 0.3 is 0 Å². The second kappa shape index (κ2) is 5.42. The monoisotopic (exact) mass is 379 g/mol. The molecule has 0 aromatic heterocycles. The summed E-state index contributed by atoms with van der Waals surface area (Å²) < 4.78 is 0. The van der Waals surface area contributed by atoms with Crippen LogP contribution in [0.15, 0.2) is 18.2 Å². The van der Waals surface area contributed by atoms with Crippen LogP contribution >= 0.6 is 0 Å². The molecule has 1 radical (unpaired) electrons. The third kappa shape index (κ3) is 2.23. The maximum atomic E-state index is 10.4. The average molecular weight is 380 g/mol. The van der Waals surface area contributed by atoms with E-state index < -0.39 is 0 Å². The van der Waals surface area contributed by atoms with Gasteiger partial charge in [-0.05, 0) is 85.0 Å². The molecule has 2 saturated carbocycles. The number of aromatic hydroxyl groups is 1. The zero-order valence-electron chi connectivity index (χ0n) is 12.5. The van der Waals surface area contributed by atoms with Crippen molar-refractivity contribution < 1.29 is 32.6 Å². The molecule has 0 bridgehead atoms. The fourth-order valence-electron chi connectivity index (χ4n) is 5.54. The number of aryl methyl sites for hydroxylation is 1. The molecule has 0 saturated heterocycles. The van der Waals surface area contributed by atoms with Crippen molar-refractivity contribution in [3.63, 3.8) is 0 Å². The zero-order valence-corrected chi connectivity index (χ0v) is 14.0. The number of phenolic OH excluding ortho intramolecular Hbond substituents is 1. The Morgan fingerprint density at radius 3 is 2.76 bits per heavy atom. The van der Waals surface area contributed by atoms with Crippen LogP contribution in [0.3, 0.4) is 0 Å². The Morgan fingerprint density at radius 2 is 1.95 bits per heavy atom. The van der Waals surface area contributed by atoms with Gasteiger partial charge in [0.25, 0.3) is 0 Å². The van der Waals surface area contributed by atoms with Crippen LogP contribution in [0.2, 0.25) is 0 Å². The van der Waals surface area contributed by atoms with Crippen LogP contribution in [0.5, 0.6) is 5.75 Å². The van der Waals surface area contributed by atoms with E-state index in [1.54, 1.807) is 0 Å². The van der Waals surface area contributed by atoms with Crippen LogP contribution in [0, 0.1) is 17.3 Å². The normalized spacial score (nSPS) is 40.7. The van der Waals surface area contributed by atoms with Gasteiger partial charge in [-0.1, -0.05) is 13.0 Å². The molecule has 2 N–H and O–H groups in total. The van der Waals surface area contributed by atoms with Gasteiger partial charge in [-0.2, -0.15) is 0 Å². The van der Waals surface area contributed by atoms with E-state index in [4.69, 9.17) is 0 Å². The molecular formula is C18H24AgO2. The summed E-state index contributed by atoms with van der Waals surface area (Å²) in [6.07, 6.45) is 6.78. The first-order valence-corrected chi connectivity index (χ1v) is 8.09. The summed E-state index contributed by atoms with van der Waals surface area (Å²) in [7, 11) is 0. The third-order valence-corrected chi connectivity index (χ3v) is 6.66. The molecule has 2 fully saturated rings. The second-order valence-corrected chi connectivity index (χ2v) is 7.44. The molecule has 5 atom stereocenters. The summed E-state index contributed by atoms with van der Waals surface area (Å²) in [5, 5.41) is 20.0. The van der Waals surface area contributed by atoms with Crippen LogP contribution < -0.4 is 0 Å². The molecule has 1 aromatic carbocycles. The zero-order chi connectivity index (χ0) is 13.9. The van der Waals surface area contributed by atoms with E-state index in [0.717, 1.165) is 25.2 Å². The maximum Gasteiger partial charge on any atom is 0.115 e. The number of hydrogen-bond donors (Lipinski definition) is 2. The van der Waals surface area contributed by atoms with E-state index in [2.05, 4.69) is 13.0 Å². The van der Waals surface area contributed by atoms with Crippen molar-refractivity contribution in [2.24, 2.45) is 17.3 Å². The Morgan fingerprint density at radius 1 is 1.14 bits per heavy atom. The van der Waals surface area contributed by atoms with Crippen molar-refractivity contribution in [1.82, 2.24) is 0 Å². The predicted molar refractivity (Wildman–Crippen MR) is 78.7 cm³/mol. The molecule has 21 heavy (non-hydrogen) atoms. The Kier molecular flexibility index (Phi) is 4.03. The molecule has 0 aliphatic heterocycles. The van der Waals surface area contributed by atoms with Gasteiger partial charge < -0.3 is 10.2 Å². The molecule has 0 unspecified atom stereocenters. The number of hydrogen-bond acceptors (Lipinski definition) is 2. The average Bonchev–Trinajstić information content (AvgIpc) is 2.74. The molecule has 0 amide bonds. The third-order valence-electron chi connectivity index (χ3n) is 6.66. The van der Waals surface area contributed by atoms with Gasteiger partial charge in [-0.25, -0.2) is 0 Å². The van der Waals surface area contributed by atoms with Gasteiger partial charge in [0, 0.05) is 22.4 Å². The van der Waals surface area contributed by atoms with E-state index in [0.29, 0.717) is 17.6 Å². The van der Waals surface area contributed by atoms with E-state index in [9.17, 15) is 10.2 Å². The van der Waals surface area contributed by atoms with Gasteiger partial charge in [0.05, 0.1) is 6.10 Å². The summed E-state index contributed by atoms with van der Waals surface area (Å²) in [5.41, 5.74) is 2.99. The molecule has 1 aromatic rings. The van der Waals surface area contributed by atoms with Crippen molar-refractivity contribution >= 4 is 0 Å². The maximum absolute atomic E-state index is 10.4. The minimum absolute atomic E-state index is 0. The van der Waals surface area contributed by atoms with Crippen molar-refractivity contribution in [3.05, 3.63) is 29.3 Å². The topological polar surface area (TPSA) is 40.5 Å². The largest absolute Gasteiger partial charge is 0.508 e. The van der Waals surface area contributed by atoms with Gasteiger partial charge in [0.15, 0.2) is 0 Å². The van der Waals surface area contributed by atoms with Gasteiger partial charge in [0.1, 0.15) is 5.75 Å². The Hall–Kier alpha value is -0.280. The fraction of sp³-hybridized carbons (Fsp3) is 0.667. The molecule has 3 heteroatoms. The molecule has 3 aliphatic carbocycles. The molecule has 2 nitrogen and oxygen atoms in total. The van der Waals surface area contributed by atoms with Crippen LogP contribution in [0.25, 0.3) is 0 Å². The van der Waals surface area contributed by atoms with Crippen LogP contribution in [0.1, 0.15) is 56.1 Å². The van der Waals surface area contributed by atoms with E-state index in [-0.39, 0.29) is 33.9 Å². The SMILES string of the molecule is C[C@]12CC[C@@H]3c4ccc(O)cc4CC[C@H]3[C@@H]1CC[C@@H]2O.[Ag]. The van der Waals surface area contributed by atoms with E-state index >= 15 is 0 Å². The number of phenols is 1. The number of benzene rings is 1. The smallest absolute Gasteiger partial charge is 0.115 e. The van der Waals surface area contributed by atoms with Crippen molar-refractivity contribution in [1.29, 1.82) is 0 Å².